The smallest absolute Gasteiger partial charge is 0.146 e. The van der Waals surface area contributed by atoms with Gasteiger partial charge in [-0.25, -0.2) is 0 Å². The van der Waals surface area contributed by atoms with Gasteiger partial charge in [-0.2, -0.15) is 5.48 Å². The predicted molar refractivity (Wildman–Crippen MR) is 68.8 cm³/mol. The summed E-state index contributed by atoms with van der Waals surface area (Å²) < 4.78 is 0. The third-order valence-electron chi connectivity index (χ3n) is 3.02. The van der Waals surface area contributed by atoms with Gasteiger partial charge in [-0.15, -0.1) is 0 Å². The molecule has 0 aromatic carbocycles. The average Bonchev–Trinajstić information content (AvgIpc) is 2.44. The van der Waals surface area contributed by atoms with Crippen molar-refractivity contribution in [2.24, 2.45) is 5.92 Å². The summed E-state index contributed by atoms with van der Waals surface area (Å²) in [4.78, 5) is 5.48. The van der Waals surface area contributed by atoms with Crippen LogP contribution >= 0.6 is 0 Å². The van der Waals surface area contributed by atoms with E-state index < -0.39 is 0 Å². The van der Waals surface area contributed by atoms with Gasteiger partial charge in [0.1, 0.15) is 5.76 Å². The summed E-state index contributed by atoms with van der Waals surface area (Å²) in [6.45, 7) is 6.65. The van der Waals surface area contributed by atoms with E-state index in [1.54, 1.807) is 7.05 Å². The number of rotatable bonds is 5. The minimum absolute atomic E-state index is 0.714. The molecule has 0 fully saturated rings. The summed E-state index contributed by atoms with van der Waals surface area (Å²) >= 11 is 0. The zero-order valence-electron chi connectivity index (χ0n) is 10.8. The standard InChI is InChI=1S/C14H23NO/c1-5-11(2)10-13-8-6-12(3)7-9-14(13)16-15-4/h6-7,9,11,15H,5,8,10H2,1-4H3. The summed E-state index contributed by atoms with van der Waals surface area (Å²) in [5.74, 6) is 1.70. The van der Waals surface area contributed by atoms with Crippen LogP contribution in [0.3, 0.4) is 0 Å². The van der Waals surface area contributed by atoms with E-state index in [4.69, 9.17) is 4.84 Å². The number of nitrogens with one attached hydrogen (secondary N) is 1. The van der Waals surface area contributed by atoms with Crippen molar-refractivity contribution in [1.82, 2.24) is 5.48 Å². The highest BCUT2D eigenvalue weighted by Gasteiger charge is 2.11. The zero-order valence-corrected chi connectivity index (χ0v) is 10.8. The molecule has 16 heavy (non-hydrogen) atoms. The minimum Gasteiger partial charge on any atom is -0.409 e. The van der Waals surface area contributed by atoms with Gasteiger partial charge in [-0.1, -0.05) is 38.0 Å². The van der Waals surface area contributed by atoms with E-state index in [-0.39, 0.29) is 0 Å². The second kappa shape index (κ2) is 6.54. The van der Waals surface area contributed by atoms with Gasteiger partial charge >= 0.3 is 0 Å². The molecule has 0 saturated carbocycles. The van der Waals surface area contributed by atoms with E-state index in [2.05, 4.69) is 44.5 Å². The molecule has 0 amide bonds. The minimum atomic E-state index is 0.714. The van der Waals surface area contributed by atoms with Crippen molar-refractivity contribution in [2.75, 3.05) is 7.05 Å². The molecule has 0 spiro atoms. The van der Waals surface area contributed by atoms with Crippen molar-refractivity contribution in [3.05, 3.63) is 35.1 Å². The lowest BCUT2D eigenvalue weighted by Crippen LogP contribution is -2.09. The molecule has 1 unspecified atom stereocenters. The van der Waals surface area contributed by atoms with Crippen LogP contribution in [0.1, 0.15) is 40.0 Å². The second-order valence-electron chi connectivity index (χ2n) is 4.48. The van der Waals surface area contributed by atoms with E-state index in [1.807, 2.05) is 0 Å². The predicted octanol–water partition coefficient (Wildman–Crippen LogP) is 3.73. The van der Waals surface area contributed by atoms with Gasteiger partial charge in [0.05, 0.1) is 0 Å². The number of hydroxylamine groups is 1. The zero-order chi connectivity index (χ0) is 12.0. The molecule has 1 atom stereocenters. The molecule has 0 aliphatic heterocycles. The van der Waals surface area contributed by atoms with Gasteiger partial charge in [0, 0.05) is 7.05 Å². The van der Waals surface area contributed by atoms with E-state index >= 15 is 0 Å². The highest BCUT2D eigenvalue weighted by atomic mass is 16.6. The average molecular weight is 221 g/mol. The largest absolute Gasteiger partial charge is 0.409 e. The Kier molecular flexibility index (Phi) is 5.33. The SMILES string of the molecule is CCC(C)CC1=C(ONC)C=CC(C)=CC1. The van der Waals surface area contributed by atoms with Crippen LogP contribution in [0.25, 0.3) is 0 Å². The van der Waals surface area contributed by atoms with Crippen molar-refractivity contribution < 1.29 is 4.84 Å². The molecule has 0 radical (unpaired) electrons. The van der Waals surface area contributed by atoms with Crippen LogP contribution in [0.15, 0.2) is 35.1 Å². The fourth-order valence-corrected chi connectivity index (χ4v) is 1.74. The van der Waals surface area contributed by atoms with E-state index in [0.717, 1.165) is 18.6 Å². The van der Waals surface area contributed by atoms with Crippen LogP contribution in [0, 0.1) is 5.92 Å². The van der Waals surface area contributed by atoms with Crippen molar-refractivity contribution >= 4 is 0 Å². The lowest BCUT2D eigenvalue weighted by atomic mass is 9.96. The summed E-state index contributed by atoms with van der Waals surface area (Å²) in [6.07, 6.45) is 9.76. The molecule has 1 N–H and O–H groups in total. The summed E-state index contributed by atoms with van der Waals surface area (Å²) in [7, 11) is 1.80. The Morgan fingerprint density at radius 2 is 2.19 bits per heavy atom. The van der Waals surface area contributed by atoms with E-state index in [0.29, 0.717) is 5.92 Å². The molecule has 1 aliphatic rings. The van der Waals surface area contributed by atoms with Crippen molar-refractivity contribution in [3.63, 3.8) is 0 Å². The van der Waals surface area contributed by atoms with Gasteiger partial charge in [0.25, 0.3) is 0 Å². The Balaban J connectivity index is 2.83. The Labute approximate surface area is 99.0 Å². The van der Waals surface area contributed by atoms with Gasteiger partial charge in [-0.05, 0) is 37.3 Å². The molecule has 0 heterocycles. The van der Waals surface area contributed by atoms with Crippen LogP contribution in [0.2, 0.25) is 0 Å². The van der Waals surface area contributed by atoms with Crippen LogP contribution in [0.4, 0.5) is 0 Å². The summed E-state index contributed by atoms with van der Waals surface area (Å²) in [5, 5.41) is 0. The van der Waals surface area contributed by atoms with Crippen LogP contribution in [-0.4, -0.2) is 7.05 Å². The van der Waals surface area contributed by atoms with Crippen LogP contribution in [-0.2, 0) is 4.84 Å². The van der Waals surface area contributed by atoms with Gasteiger partial charge < -0.3 is 4.84 Å². The Morgan fingerprint density at radius 3 is 2.81 bits per heavy atom. The molecule has 2 nitrogen and oxygen atoms in total. The van der Waals surface area contributed by atoms with Crippen molar-refractivity contribution in [2.45, 2.75) is 40.0 Å². The highest BCUT2D eigenvalue weighted by molar-refractivity contribution is 5.32. The number of hydrogen-bond acceptors (Lipinski definition) is 2. The molecular formula is C14H23NO. The first-order valence-corrected chi connectivity index (χ1v) is 6.07. The normalized spacial score (nSPS) is 18.1. The number of hydrogen-bond donors (Lipinski definition) is 1. The van der Waals surface area contributed by atoms with Crippen LogP contribution in [0.5, 0.6) is 0 Å². The second-order valence-corrected chi connectivity index (χ2v) is 4.48. The molecule has 1 rings (SSSR count). The molecule has 90 valence electrons. The fraction of sp³-hybridized carbons (Fsp3) is 0.571. The maximum Gasteiger partial charge on any atom is 0.146 e. The first-order valence-electron chi connectivity index (χ1n) is 6.07. The molecular weight excluding hydrogens is 198 g/mol. The molecule has 1 aliphatic carbocycles. The Bertz CT molecular complexity index is 313. The van der Waals surface area contributed by atoms with Gasteiger partial charge in [-0.3, -0.25) is 0 Å². The third kappa shape index (κ3) is 3.86. The molecule has 0 bridgehead atoms. The molecule has 0 aromatic heterocycles. The first kappa shape index (κ1) is 13.0. The highest BCUT2D eigenvalue weighted by Crippen LogP contribution is 2.25. The number of allylic oxidation sites excluding steroid dienone is 5. The lowest BCUT2D eigenvalue weighted by molar-refractivity contribution is 0.133. The summed E-state index contributed by atoms with van der Waals surface area (Å²) in [5.41, 5.74) is 5.46. The lowest BCUT2D eigenvalue weighted by Gasteiger charge is -2.14. The quantitative estimate of drug-likeness (QED) is 0.714. The molecule has 2 heteroatoms. The Morgan fingerprint density at radius 1 is 1.44 bits per heavy atom. The first-order chi connectivity index (χ1) is 7.67. The maximum absolute atomic E-state index is 5.48. The van der Waals surface area contributed by atoms with Gasteiger partial charge in [0.2, 0.25) is 0 Å². The molecule has 0 saturated heterocycles. The van der Waals surface area contributed by atoms with E-state index in [9.17, 15) is 0 Å². The fourth-order valence-electron chi connectivity index (χ4n) is 1.74. The van der Waals surface area contributed by atoms with Crippen molar-refractivity contribution in [1.29, 1.82) is 0 Å². The maximum atomic E-state index is 5.48. The Hall–Kier alpha value is -1.02. The van der Waals surface area contributed by atoms with Crippen LogP contribution < -0.4 is 5.48 Å². The molecule has 0 aromatic rings. The monoisotopic (exact) mass is 221 g/mol. The van der Waals surface area contributed by atoms with Gasteiger partial charge in [0.15, 0.2) is 0 Å². The van der Waals surface area contributed by atoms with Crippen molar-refractivity contribution in [3.8, 4) is 0 Å². The van der Waals surface area contributed by atoms with E-state index in [1.165, 1.54) is 17.6 Å². The topological polar surface area (TPSA) is 21.3 Å². The summed E-state index contributed by atoms with van der Waals surface area (Å²) in [6, 6.07) is 0. The third-order valence-corrected chi connectivity index (χ3v) is 3.02.